The molecule has 0 spiro atoms. The van der Waals surface area contributed by atoms with Gasteiger partial charge in [-0.05, 0) is 76.7 Å². The normalized spacial score (nSPS) is 17.9. The number of hydrogen-bond donors (Lipinski definition) is 0. The van der Waals surface area contributed by atoms with Gasteiger partial charge in [-0.3, -0.25) is 0 Å². The molecular formula is C24H36. The van der Waals surface area contributed by atoms with Crippen molar-refractivity contribution in [1.82, 2.24) is 0 Å². The maximum atomic E-state index is 3.92. The van der Waals surface area contributed by atoms with Gasteiger partial charge in [0.05, 0.1) is 0 Å². The fourth-order valence-corrected chi connectivity index (χ4v) is 4.80. The Morgan fingerprint density at radius 3 is 1.33 bits per heavy atom. The molecule has 1 aliphatic rings. The van der Waals surface area contributed by atoms with Crippen LogP contribution in [-0.2, 0) is 0 Å². The molecule has 0 N–H and O–H groups in total. The zero-order chi connectivity index (χ0) is 18.3. The summed E-state index contributed by atoms with van der Waals surface area (Å²) in [7, 11) is 0. The lowest BCUT2D eigenvalue weighted by Gasteiger charge is -2.44. The van der Waals surface area contributed by atoms with Crippen LogP contribution in [0.3, 0.4) is 0 Å². The summed E-state index contributed by atoms with van der Waals surface area (Å²) in [4.78, 5) is 0. The Balaban J connectivity index is 3.76. The summed E-state index contributed by atoms with van der Waals surface area (Å²) < 4.78 is 0. The van der Waals surface area contributed by atoms with Gasteiger partial charge in [-0.15, -0.1) is 0 Å². The molecule has 1 aliphatic carbocycles. The van der Waals surface area contributed by atoms with Crippen molar-refractivity contribution in [2.45, 2.75) is 73.6 Å². The Morgan fingerprint density at radius 1 is 0.667 bits per heavy atom. The Kier molecular flexibility index (Phi) is 7.73. The van der Waals surface area contributed by atoms with Crippen molar-refractivity contribution >= 4 is 0 Å². The van der Waals surface area contributed by atoms with Crippen LogP contribution in [0.1, 0.15) is 73.6 Å². The quantitative estimate of drug-likeness (QED) is 0.436. The van der Waals surface area contributed by atoms with E-state index in [1.54, 1.807) is 0 Å². The minimum absolute atomic E-state index is 0.128. The molecule has 0 aromatic carbocycles. The molecule has 1 rings (SSSR count). The molecule has 0 aromatic heterocycles. The van der Waals surface area contributed by atoms with Gasteiger partial charge in [-0.2, -0.15) is 0 Å². The molecule has 0 radical (unpaired) electrons. The third kappa shape index (κ3) is 4.29. The summed E-state index contributed by atoms with van der Waals surface area (Å²) in [6.45, 7) is 21.4. The monoisotopic (exact) mass is 324 g/mol. The second-order valence-electron chi connectivity index (χ2n) is 7.56. The standard InChI is InChI=1S/C24H36/c1-9-14-20(7)22(18(3)4)24(16-12-11-13-17-24)23(19(5)6)21(8)15-10-2/h9-10,14-15H,1-2,11-13,16-17H2,3-8H3/b20-14-,21-15-. The van der Waals surface area contributed by atoms with E-state index in [9.17, 15) is 0 Å². The Morgan fingerprint density at radius 2 is 1.04 bits per heavy atom. The first-order valence-corrected chi connectivity index (χ1v) is 9.27. The molecule has 0 aromatic rings. The van der Waals surface area contributed by atoms with Crippen LogP contribution in [0.4, 0.5) is 0 Å². The van der Waals surface area contributed by atoms with Gasteiger partial charge in [0, 0.05) is 5.41 Å². The molecule has 0 unspecified atom stereocenters. The average molecular weight is 325 g/mol. The first-order chi connectivity index (χ1) is 11.3. The van der Waals surface area contributed by atoms with Crippen LogP contribution in [0.5, 0.6) is 0 Å². The van der Waals surface area contributed by atoms with Crippen molar-refractivity contribution in [3.8, 4) is 0 Å². The Bertz CT molecular complexity index is 540. The largest absolute Gasteiger partial charge is 0.0991 e. The average Bonchev–Trinajstić information content (AvgIpc) is 2.47. The second kappa shape index (κ2) is 9.06. The van der Waals surface area contributed by atoms with E-state index in [1.165, 1.54) is 65.5 Å². The summed E-state index contributed by atoms with van der Waals surface area (Å²) in [5.74, 6) is 0. The molecule has 0 nitrogen and oxygen atoms in total. The number of rotatable bonds is 6. The fraction of sp³-hybridized carbons (Fsp3) is 0.500. The van der Waals surface area contributed by atoms with Crippen molar-refractivity contribution in [3.63, 3.8) is 0 Å². The van der Waals surface area contributed by atoms with E-state index < -0.39 is 0 Å². The van der Waals surface area contributed by atoms with Crippen LogP contribution >= 0.6 is 0 Å². The lowest BCUT2D eigenvalue weighted by Crippen LogP contribution is -2.31. The fourth-order valence-electron chi connectivity index (χ4n) is 4.80. The van der Waals surface area contributed by atoms with E-state index in [0.29, 0.717) is 0 Å². The molecule has 0 aliphatic heterocycles. The summed E-state index contributed by atoms with van der Waals surface area (Å²) in [6.07, 6.45) is 14.6. The van der Waals surface area contributed by atoms with E-state index >= 15 is 0 Å². The van der Waals surface area contributed by atoms with E-state index in [-0.39, 0.29) is 5.41 Å². The van der Waals surface area contributed by atoms with Crippen LogP contribution in [-0.4, -0.2) is 0 Å². The molecular weight excluding hydrogens is 288 g/mol. The predicted octanol–water partition coefficient (Wildman–Crippen LogP) is 7.87. The molecule has 1 fully saturated rings. The van der Waals surface area contributed by atoms with Crippen molar-refractivity contribution in [1.29, 1.82) is 0 Å². The third-order valence-electron chi connectivity index (χ3n) is 5.19. The highest BCUT2D eigenvalue weighted by molar-refractivity contribution is 5.53. The molecule has 0 heterocycles. The van der Waals surface area contributed by atoms with Gasteiger partial charge in [0.15, 0.2) is 0 Å². The van der Waals surface area contributed by atoms with Gasteiger partial charge < -0.3 is 0 Å². The molecule has 0 saturated heterocycles. The van der Waals surface area contributed by atoms with Gasteiger partial charge in [0.2, 0.25) is 0 Å². The highest BCUT2D eigenvalue weighted by Gasteiger charge is 2.41. The lowest BCUT2D eigenvalue weighted by atomic mass is 9.59. The molecule has 0 bridgehead atoms. The smallest absolute Gasteiger partial charge is 0.0206 e. The van der Waals surface area contributed by atoms with Crippen LogP contribution in [0.25, 0.3) is 0 Å². The highest BCUT2D eigenvalue weighted by Crippen LogP contribution is 2.54. The van der Waals surface area contributed by atoms with Crippen molar-refractivity contribution in [3.05, 3.63) is 70.9 Å². The third-order valence-corrected chi connectivity index (χ3v) is 5.19. The van der Waals surface area contributed by atoms with Gasteiger partial charge in [-0.25, -0.2) is 0 Å². The summed E-state index contributed by atoms with van der Waals surface area (Å²) in [5.41, 5.74) is 8.75. The van der Waals surface area contributed by atoms with Crippen LogP contribution in [0.15, 0.2) is 70.9 Å². The van der Waals surface area contributed by atoms with E-state index in [0.717, 1.165) is 0 Å². The minimum Gasteiger partial charge on any atom is -0.0991 e. The van der Waals surface area contributed by atoms with E-state index in [4.69, 9.17) is 0 Å². The summed E-state index contributed by atoms with van der Waals surface area (Å²) in [5, 5.41) is 0. The zero-order valence-corrected chi connectivity index (χ0v) is 16.8. The summed E-state index contributed by atoms with van der Waals surface area (Å²) in [6, 6.07) is 0. The Hall–Kier alpha value is -1.56. The maximum Gasteiger partial charge on any atom is 0.0206 e. The molecule has 1 saturated carbocycles. The van der Waals surface area contributed by atoms with Gasteiger partial charge >= 0.3 is 0 Å². The molecule has 0 heteroatoms. The lowest BCUT2D eigenvalue weighted by molar-refractivity contribution is 0.291. The predicted molar refractivity (Wildman–Crippen MR) is 110 cm³/mol. The van der Waals surface area contributed by atoms with Gasteiger partial charge in [-0.1, -0.05) is 67.9 Å². The summed E-state index contributed by atoms with van der Waals surface area (Å²) >= 11 is 0. The first-order valence-electron chi connectivity index (χ1n) is 9.27. The van der Waals surface area contributed by atoms with Crippen molar-refractivity contribution in [2.24, 2.45) is 5.41 Å². The first kappa shape index (κ1) is 20.5. The van der Waals surface area contributed by atoms with Gasteiger partial charge in [0.25, 0.3) is 0 Å². The van der Waals surface area contributed by atoms with Crippen LogP contribution in [0, 0.1) is 5.41 Å². The highest BCUT2D eigenvalue weighted by atomic mass is 14.4. The minimum atomic E-state index is 0.128. The molecule has 0 atom stereocenters. The second-order valence-corrected chi connectivity index (χ2v) is 7.56. The van der Waals surface area contributed by atoms with E-state index in [2.05, 4.69) is 66.9 Å². The van der Waals surface area contributed by atoms with Crippen LogP contribution in [0.2, 0.25) is 0 Å². The maximum absolute atomic E-state index is 3.92. The molecule has 0 amide bonds. The van der Waals surface area contributed by atoms with Crippen molar-refractivity contribution < 1.29 is 0 Å². The SMILES string of the molecule is C=C/C=C(/C)C(=C(C)C)C1(C(=C(C)C)/C(C)=C\C=C)CCCCC1. The molecule has 132 valence electrons. The van der Waals surface area contributed by atoms with Gasteiger partial charge in [0.1, 0.15) is 0 Å². The zero-order valence-electron chi connectivity index (χ0n) is 16.8. The van der Waals surface area contributed by atoms with Crippen molar-refractivity contribution in [2.75, 3.05) is 0 Å². The topological polar surface area (TPSA) is 0 Å². The number of hydrogen-bond acceptors (Lipinski definition) is 0. The Labute approximate surface area is 150 Å². The molecule has 24 heavy (non-hydrogen) atoms. The van der Waals surface area contributed by atoms with Crippen LogP contribution < -0.4 is 0 Å². The number of allylic oxidation sites excluding steroid dienone is 10. The van der Waals surface area contributed by atoms with E-state index in [1.807, 2.05) is 12.2 Å².